The molecule has 25 heteroatoms. The van der Waals surface area contributed by atoms with E-state index < -0.39 is 5.41 Å². The Labute approximate surface area is 826 Å². The first-order valence-corrected chi connectivity index (χ1v) is 52.8. The van der Waals surface area contributed by atoms with Crippen LogP contribution in [0, 0.1) is 0 Å². The molecular formula is C107H149Cl2N5O12S6. The van der Waals surface area contributed by atoms with Gasteiger partial charge in [0.05, 0.1) is 69.4 Å². The molecule has 724 valence electrons. The average molecular weight is 1960 g/mol. The predicted octanol–water partition coefficient (Wildman–Crippen LogP) is 13.0. The van der Waals surface area contributed by atoms with Crippen molar-refractivity contribution < 1.29 is 94.5 Å². The van der Waals surface area contributed by atoms with Crippen molar-refractivity contribution in [1.29, 1.82) is 0 Å². The van der Waals surface area contributed by atoms with Crippen LogP contribution in [-0.2, 0) is 104 Å². The van der Waals surface area contributed by atoms with Crippen LogP contribution < -0.4 is 76.2 Å². The van der Waals surface area contributed by atoms with Crippen LogP contribution in [0.25, 0.3) is 0 Å². The van der Waals surface area contributed by atoms with E-state index in [0.717, 1.165) is 108 Å². The summed E-state index contributed by atoms with van der Waals surface area (Å²) in [5, 5.41) is 34.6. The first kappa shape index (κ1) is 112. The summed E-state index contributed by atoms with van der Waals surface area (Å²) in [7, 11) is 10.0. The number of nitrogens with zero attached hydrogens (tertiary/aromatic N) is 1. The number of hydrogen-bond acceptors (Lipinski definition) is 21. The number of oxime groups is 1. The number of ketones is 3. The van der Waals surface area contributed by atoms with Crippen LogP contribution in [-0.4, -0.2) is 174 Å². The molecule has 3 unspecified atom stereocenters. The normalized spacial score (nSPS) is 23.8. The van der Waals surface area contributed by atoms with E-state index in [-0.39, 0.29) is 85.8 Å². The molecule has 16 rings (SSSR count). The largest absolute Gasteiger partial charge is 1.00 e. The summed E-state index contributed by atoms with van der Waals surface area (Å²) in [6.45, 7) is 32.0. The number of methoxy groups -OCH3 is 6. The number of nitrogens with two attached hydrogens (primary N) is 2. The van der Waals surface area contributed by atoms with E-state index in [1.54, 1.807) is 78.3 Å². The molecule has 8 aromatic carbocycles. The summed E-state index contributed by atoms with van der Waals surface area (Å²) < 4.78 is 31.5. The number of hydrogen-bond donors (Lipinski definition) is 7. The number of aryl methyl sites for hydroxylation is 2. The fourth-order valence-corrected chi connectivity index (χ4v) is 25.6. The van der Waals surface area contributed by atoms with Crippen LogP contribution >= 0.6 is 70.6 Å². The van der Waals surface area contributed by atoms with E-state index in [2.05, 4.69) is 184 Å². The van der Waals surface area contributed by atoms with Gasteiger partial charge >= 0.3 is 0 Å². The third-order valence-corrected chi connectivity index (χ3v) is 35.5. The van der Waals surface area contributed by atoms with Gasteiger partial charge in [-0.25, -0.2) is 0 Å². The van der Waals surface area contributed by atoms with Crippen molar-refractivity contribution in [3.63, 3.8) is 0 Å². The van der Waals surface area contributed by atoms with Crippen LogP contribution in [0.2, 0.25) is 0 Å². The van der Waals surface area contributed by atoms with Crippen LogP contribution in [0.4, 0.5) is 0 Å². The molecule has 132 heavy (non-hydrogen) atoms. The Hall–Kier alpha value is -6.84. The molecule has 0 radical (unpaired) electrons. The minimum absolute atomic E-state index is 0. The zero-order valence-corrected chi connectivity index (χ0v) is 89.4. The lowest BCUT2D eigenvalue weighted by Gasteiger charge is -2.43. The Kier molecular flexibility index (Phi) is 40.3. The first-order chi connectivity index (χ1) is 61.2. The SMILES string of the molecule is COc1ccc2c(c1)C(C)(C)/C(=N/O)C(SC)C2.COc1ccc2c(c1)C(C)(C)C(=O)C(SC)C2.COc1ccc2c(c1)C(C)(C)C(=O)CC2.COc1ccc2c(c1)C(C)(C)[C@H](N)[C@@H](SC)C2.COc1ccc2c(c1)C(C)(C)[C@H](N)[C@H](SC)C2.COc1ccc2c(c1)C(C)C(=O)CC2.CS[C@@H]1Cc2ccc(O)cc2C(C)(C)[C@@H]1[NH3+].CS[C@H]1Cc2ccc(O)cc2C(C)(C)[C@@H]1[NH3+].[Cl-].[Cl-]. The number of benzene rings is 8. The smallest absolute Gasteiger partial charge is 0.156 e. The summed E-state index contributed by atoms with van der Waals surface area (Å²) in [5.41, 5.74) is 41.9. The van der Waals surface area contributed by atoms with Gasteiger partial charge in [0.15, 0.2) is 5.78 Å². The quantitative estimate of drug-likeness (QED) is 0.0442. The van der Waals surface area contributed by atoms with Crippen LogP contribution in [0.3, 0.4) is 0 Å². The van der Waals surface area contributed by atoms with Crippen molar-refractivity contribution in [2.45, 2.75) is 268 Å². The number of ether oxygens (including phenoxy) is 6. The van der Waals surface area contributed by atoms with E-state index in [4.69, 9.17) is 39.9 Å². The van der Waals surface area contributed by atoms with Gasteiger partial charge < -0.3 is 91.6 Å². The fourth-order valence-electron chi connectivity index (χ4n) is 19.9. The summed E-state index contributed by atoms with van der Waals surface area (Å²) in [6.07, 6.45) is 21.7. The molecule has 11 atom stereocenters. The molecule has 0 heterocycles. The third-order valence-electron chi connectivity index (χ3n) is 29.3. The number of phenolic OH excluding ortho intramolecular Hbond substituents is 2. The van der Waals surface area contributed by atoms with Crippen molar-refractivity contribution in [3.05, 3.63) is 235 Å². The molecule has 0 saturated heterocycles. The fraction of sp³-hybridized carbons (Fsp3) is 0.514. The molecular weight excluding hydrogens is 1810 g/mol. The molecule has 8 aliphatic carbocycles. The number of quaternary nitrogens is 2. The molecule has 8 aliphatic rings. The highest BCUT2D eigenvalue weighted by atomic mass is 35.5. The van der Waals surface area contributed by atoms with Crippen molar-refractivity contribution in [3.8, 4) is 46.0 Å². The third kappa shape index (κ3) is 24.6. The Morgan fingerprint density at radius 1 is 0.348 bits per heavy atom. The Bertz CT molecular complexity index is 5140. The predicted molar refractivity (Wildman–Crippen MR) is 550 cm³/mol. The standard InChI is InChI=1S/C14H19NO2S.2C14H21NOS.C14H18O2S.2C13H19NOS.C13H16O2.C12H14O2.2ClH/c1-14(2)11-8-10(17-3)6-5-9(11)7-12(18-4)13(14)15-16;3*1-14(2)11-8-10(16-3)6-5-9(11)7-12(17-4)13(14)15;2*1-13(2)10-7-9(15)5-4-8(10)6-11(16-3)12(13)14;1-13(2)11-8-10(15-3)6-4-9(11)5-7-12(13)14;1-8-11-7-10(14-2)5-3-9(11)4-6-12(8)13;;/h5-6,8,12,16H,7H2,1-4H3;2*5-6,8,12-13H,7,15H2,1-4H3;5-6,8,12H,7H2,1-4H3;2*4-5,7,11-12,15H,6,14H2,1-3H3;4,6,8H,5,7H2,1-3H3;3,5,7-8H,4,6H2,1-2H3;2*1H/b15-13+;;;;;;;;;/t;12-,13+;12-,13-;;11-,12+;11-,12-;;;;/m.01.01..../s1. The maximum atomic E-state index is 12.4. The Morgan fingerprint density at radius 2 is 0.644 bits per heavy atom. The number of Topliss-reactive ketones (excluding diaryl/α,β-unsaturated/α-hetero) is 3. The van der Waals surface area contributed by atoms with Crippen LogP contribution in [0.5, 0.6) is 46.0 Å². The minimum Gasteiger partial charge on any atom is -1.00 e. The van der Waals surface area contributed by atoms with E-state index in [0.29, 0.717) is 74.8 Å². The summed E-state index contributed by atoms with van der Waals surface area (Å²) in [6, 6.07) is 49.7. The second kappa shape index (κ2) is 47.5. The lowest BCUT2D eigenvalue weighted by atomic mass is 9.69. The van der Waals surface area contributed by atoms with Crippen molar-refractivity contribution >= 4 is 93.6 Å². The second-order valence-electron chi connectivity index (χ2n) is 39.1. The molecule has 0 saturated carbocycles. The number of rotatable bonds is 12. The maximum Gasteiger partial charge on any atom is 0.156 e. The molecule has 13 N–H and O–H groups in total. The van der Waals surface area contributed by atoms with E-state index in [9.17, 15) is 29.8 Å². The molecule has 17 nitrogen and oxygen atoms in total. The Balaban J connectivity index is 0.000000206. The van der Waals surface area contributed by atoms with Crippen molar-refractivity contribution in [2.75, 3.05) is 80.2 Å². The number of carbonyl (C=O) groups is 3. The van der Waals surface area contributed by atoms with Crippen molar-refractivity contribution in [1.82, 2.24) is 0 Å². The second-order valence-corrected chi connectivity index (χ2v) is 45.5. The first-order valence-electron chi connectivity index (χ1n) is 45.1. The molecule has 0 aliphatic heterocycles. The summed E-state index contributed by atoms with van der Waals surface area (Å²) in [4.78, 5) is 35.7. The highest BCUT2D eigenvalue weighted by molar-refractivity contribution is 8.00. The minimum atomic E-state index is -0.407. The van der Waals surface area contributed by atoms with Gasteiger partial charge in [-0.1, -0.05) is 130 Å². The topological polar surface area (TPSA) is 287 Å². The number of fused-ring (bicyclic) bond motifs is 8. The van der Waals surface area contributed by atoms with Gasteiger partial charge in [0.2, 0.25) is 0 Å². The van der Waals surface area contributed by atoms with Gasteiger partial charge in [-0.05, 0) is 303 Å². The van der Waals surface area contributed by atoms with Gasteiger partial charge in [-0.3, -0.25) is 14.4 Å². The highest BCUT2D eigenvalue weighted by Gasteiger charge is 2.48. The van der Waals surface area contributed by atoms with E-state index in [1.165, 1.54) is 72.3 Å². The molecule has 0 spiro atoms. The molecule has 0 bridgehead atoms. The highest BCUT2D eigenvalue weighted by Crippen LogP contribution is 2.48. The van der Waals surface area contributed by atoms with Gasteiger partial charge in [0.1, 0.15) is 69.6 Å². The maximum absolute atomic E-state index is 12.4. The zero-order chi connectivity index (χ0) is 96.3. The van der Waals surface area contributed by atoms with Crippen LogP contribution in [0.1, 0.15) is 212 Å². The summed E-state index contributed by atoms with van der Waals surface area (Å²) in [5.74, 6) is 6.94. The lowest BCUT2D eigenvalue weighted by Crippen LogP contribution is -3.00. The van der Waals surface area contributed by atoms with Gasteiger partial charge in [0.25, 0.3) is 0 Å². The van der Waals surface area contributed by atoms with E-state index in [1.807, 2.05) is 155 Å². The number of phenols is 2. The molecule has 0 fully saturated rings. The monoisotopic (exact) mass is 1960 g/mol. The van der Waals surface area contributed by atoms with Gasteiger partial charge in [0, 0.05) is 79.2 Å². The Morgan fingerprint density at radius 3 is 1.00 bits per heavy atom. The molecule has 0 aromatic heterocycles. The molecule has 8 aromatic rings. The number of carbonyl (C=O) groups excluding carboxylic acids is 3. The van der Waals surface area contributed by atoms with Crippen molar-refractivity contribution in [2.24, 2.45) is 16.6 Å². The molecule has 0 amide bonds. The summed E-state index contributed by atoms with van der Waals surface area (Å²) >= 11 is 10.9. The number of halogens is 2. The number of aromatic hydroxyl groups is 2. The number of thioether (sulfide) groups is 6. The lowest BCUT2D eigenvalue weighted by molar-refractivity contribution is -0.436. The van der Waals surface area contributed by atoms with Crippen LogP contribution in [0.15, 0.2) is 151 Å². The van der Waals surface area contributed by atoms with Gasteiger partial charge in [-0.15, -0.1) is 0 Å². The van der Waals surface area contributed by atoms with E-state index >= 15 is 0 Å². The van der Waals surface area contributed by atoms with Gasteiger partial charge in [-0.2, -0.15) is 70.6 Å². The average Bonchev–Trinajstić information content (AvgIpc) is 0.774. The zero-order valence-electron chi connectivity index (χ0n) is 83.0.